The summed E-state index contributed by atoms with van der Waals surface area (Å²) < 4.78 is 40.4. The lowest BCUT2D eigenvalue weighted by Crippen LogP contribution is -2.55. The average Bonchev–Trinajstić information content (AvgIpc) is 2.67. The molecule has 0 saturated carbocycles. The van der Waals surface area contributed by atoms with E-state index in [0.29, 0.717) is 11.4 Å². The van der Waals surface area contributed by atoms with Crippen molar-refractivity contribution < 1.29 is 27.5 Å². The molecule has 0 spiro atoms. The number of hydrogen-bond donors (Lipinski definition) is 3. The van der Waals surface area contributed by atoms with Gasteiger partial charge in [0, 0.05) is 30.3 Å². The molecule has 0 aliphatic carbocycles. The van der Waals surface area contributed by atoms with Gasteiger partial charge in [-0.2, -0.15) is 0 Å². The number of thioether (sulfide) groups is 1. The van der Waals surface area contributed by atoms with Crippen LogP contribution in [-0.2, 0) is 15.3 Å². The summed E-state index contributed by atoms with van der Waals surface area (Å²) in [6.45, 7) is 0. The molecular formula is C20H20F3N3O3S. The van der Waals surface area contributed by atoms with E-state index in [1.54, 1.807) is 0 Å². The summed E-state index contributed by atoms with van der Waals surface area (Å²) in [5.41, 5.74) is 1.14. The van der Waals surface area contributed by atoms with E-state index in [0.717, 1.165) is 17.7 Å². The van der Waals surface area contributed by atoms with Crippen LogP contribution >= 0.6 is 11.8 Å². The third kappa shape index (κ3) is 7.27. The largest absolute Gasteiger partial charge is 0.573 e. The van der Waals surface area contributed by atoms with Crippen LogP contribution in [0, 0.1) is 0 Å². The molecule has 0 bridgehead atoms. The average molecular weight is 439 g/mol. The van der Waals surface area contributed by atoms with Crippen molar-refractivity contribution in [3.8, 4) is 5.75 Å². The fraction of sp³-hybridized carbons (Fsp3) is 0.300. The van der Waals surface area contributed by atoms with E-state index in [9.17, 15) is 22.8 Å². The number of anilines is 1. The van der Waals surface area contributed by atoms with E-state index < -0.39 is 6.36 Å². The number of benzene rings is 2. The van der Waals surface area contributed by atoms with Crippen molar-refractivity contribution in [1.29, 1.82) is 0 Å². The quantitative estimate of drug-likeness (QED) is 0.614. The highest BCUT2D eigenvalue weighted by molar-refractivity contribution is 7.99. The zero-order valence-corrected chi connectivity index (χ0v) is 16.6. The Morgan fingerprint density at radius 3 is 2.50 bits per heavy atom. The van der Waals surface area contributed by atoms with Crippen molar-refractivity contribution >= 4 is 29.3 Å². The Balaban J connectivity index is 1.48. The summed E-state index contributed by atoms with van der Waals surface area (Å²) in [5.74, 6) is -0.169. The van der Waals surface area contributed by atoms with Gasteiger partial charge in [-0.1, -0.05) is 30.3 Å². The van der Waals surface area contributed by atoms with Gasteiger partial charge in [0.2, 0.25) is 11.8 Å². The SMILES string of the molecule is O=C(CC1CC(=O)NC(SCc2ccccc2)N1)Nc1ccc(OC(F)(F)F)cc1. The number of carbonyl (C=O) groups is 2. The van der Waals surface area contributed by atoms with E-state index >= 15 is 0 Å². The minimum atomic E-state index is -4.77. The van der Waals surface area contributed by atoms with Gasteiger partial charge in [-0.15, -0.1) is 24.9 Å². The lowest BCUT2D eigenvalue weighted by Gasteiger charge is -2.31. The highest BCUT2D eigenvalue weighted by Gasteiger charge is 2.31. The van der Waals surface area contributed by atoms with Gasteiger partial charge in [0.1, 0.15) is 11.2 Å². The van der Waals surface area contributed by atoms with Gasteiger partial charge in [0.15, 0.2) is 0 Å². The van der Waals surface area contributed by atoms with Gasteiger partial charge < -0.3 is 15.4 Å². The first-order valence-corrected chi connectivity index (χ1v) is 10.2. The number of carbonyl (C=O) groups excluding carboxylic acids is 2. The molecule has 2 aromatic carbocycles. The first-order chi connectivity index (χ1) is 14.3. The maximum atomic E-state index is 12.3. The number of ether oxygens (including phenoxy) is 1. The zero-order chi connectivity index (χ0) is 21.6. The van der Waals surface area contributed by atoms with Gasteiger partial charge in [-0.25, -0.2) is 0 Å². The van der Waals surface area contributed by atoms with Crippen LogP contribution in [0.1, 0.15) is 18.4 Å². The van der Waals surface area contributed by atoms with Gasteiger partial charge in [0.05, 0.1) is 0 Å². The molecular weight excluding hydrogens is 419 g/mol. The molecule has 30 heavy (non-hydrogen) atoms. The fourth-order valence-electron chi connectivity index (χ4n) is 2.89. The minimum Gasteiger partial charge on any atom is -0.406 e. The van der Waals surface area contributed by atoms with E-state index in [-0.39, 0.29) is 41.9 Å². The second kappa shape index (κ2) is 9.86. The maximum absolute atomic E-state index is 12.3. The van der Waals surface area contributed by atoms with E-state index in [1.165, 1.54) is 23.9 Å². The standard InChI is InChI=1S/C20H20F3N3O3S/c21-20(22,23)29-16-8-6-14(7-9-16)24-17(27)10-15-11-18(28)26-19(25-15)30-12-13-4-2-1-3-5-13/h1-9,15,19,25H,10-12H2,(H,24,27)(H,26,28). The molecule has 1 fully saturated rings. The molecule has 3 rings (SSSR count). The van der Waals surface area contributed by atoms with Crippen LogP contribution in [0.5, 0.6) is 5.75 Å². The highest BCUT2D eigenvalue weighted by atomic mass is 32.2. The van der Waals surface area contributed by atoms with E-state index in [4.69, 9.17) is 0 Å². The highest BCUT2D eigenvalue weighted by Crippen LogP contribution is 2.24. The number of nitrogens with one attached hydrogen (secondary N) is 3. The first-order valence-electron chi connectivity index (χ1n) is 9.13. The van der Waals surface area contributed by atoms with Crippen molar-refractivity contribution in [1.82, 2.24) is 10.6 Å². The smallest absolute Gasteiger partial charge is 0.406 e. The molecule has 6 nitrogen and oxygen atoms in total. The van der Waals surface area contributed by atoms with E-state index in [2.05, 4.69) is 20.7 Å². The molecule has 2 amide bonds. The summed E-state index contributed by atoms with van der Waals surface area (Å²) in [5, 5.41) is 8.68. The van der Waals surface area contributed by atoms with Crippen molar-refractivity contribution in [3.63, 3.8) is 0 Å². The van der Waals surface area contributed by atoms with Crippen molar-refractivity contribution in [3.05, 3.63) is 60.2 Å². The third-order valence-corrected chi connectivity index (χ3v) is 5.26. The minimum absolute atomic E-state index is 0.0522. The summed E-state index contributed by atoms with van der Waals surface area (Å²) in [6, 6.07) is 14.3. The number of amides is 2. The Labute approximate surface area is 175 Å². The van der Waals surface area contributed by atoms with Crippen LogP contribution in [0.2, 0.25) is 0 Å². The monoisotopic (exact) mass is 439 g/mol. The van der Waals surface area contributed by atoms with Crippen molar-refractivity contribution in [2.45, 2.75) is 36.5 Å². The molecule has 1 heterocycles. The molecule has 0 aromatic heterocycles. The summed E-state index contributed by atoms with van der Waals surface area (Å²) in [6.07, 6.45) is -4.56. The predicted octanol–water partition coefficient (Wildman–Crippen LogP) is 3.61. The van der Waals surface area contributed by atoms with Crippen LogP contribution < -0.4 is 20.7 Å². The van der Waals surface area contributed by atoms with Crippen molar-refractivity contribution in [2.75, 3.05) is 5.32 Å². The summed E-state index contributed by atoms with van der Waals surface area (Å²) >= 11 is 1.51. The second-order valence-electron chi connectivity index (χ2n) is 6.64. The Morgan fingerprint density at radius 1 is 1.13 bits per heavy atom. The fourth-order valence-corrected chi connectivity index (χ4v) is 3.95. The number of hydrogen-bond acceptors (Lipinski definition) is 5. The molecule has 2 atom stereocenters. The molecule has 1 aliphatic heterocycles. The number of halogens is 3. The Hall–Kier alpha value is -2.72. The lowest BCUT2D eigenvalue weighted by molar-refractivity contribution is -0.274. The van der Waals surface area contributed by atoms with Crippen LogP contribution in [0.3, 0.4) is 0 Å². The van der Waals surface area contributed by atoms with Crippen LogP contribution in [0.4, 0.5) is 18.9 Å². The van der Waals surface area contributed by atoms with Crippen LogP contribution in [0.15, 0.2) is 54.6 Å². The second-order valence-corrected chi connectivity index (χ2v) is 7.73. The normalized spacial score (nSPS) is 19.1. The summed E-state index contributed by atoms with van der Waals surface area (Å²) in [7, 11) is 0. The molecule has 0 radical (unpaired) electrons. The van der Waals surface area contributed by atoms with Gasteiger partial charge in [-0.3, -0.25) is 14.9 Å². The molecule has 3 N–H and O–H groups in total. The lowest BCUT2D eigenvalue weighted by atomic mass is 10.1. The predicted molar refractivity (Wildman–Crippen MR) is 108 cm³/mol. The number of rotatable bonds is 7. The summed E-state index contributed by atoms with van der Waals surface area (Å²) in [4.78, 5) is 24.3. The molecule has 2 aromatic rings. The molecule has 10 heteroatoms. The Morgan fingerprint density at radius 2 is 1.83 bits per heavy atom. The topological polar surface area (TPSA) is 79.5 Å². The van der Waals surface area contributed by atoms with Crippen LogP contribution in [0.25, 0.3) is 0 Å². The third-order valence-electron chi connectivity index (χ3n) is 4.17. The first kappa shape index (κ1) is 22.0. The molecule has 160 valence electrons. The molecule has 1 aliphatic rings. The van der Waals surface area contributed by atoms with Gasteiger partial charge in [0.25, 0.3) is 0 Å². The Bertz CT molecular complexity index is 863. The maximum Gasteiger partial charge on any atom is 0.573 e. The molecule has 2 unspecified atom stereocenters. The van der Waals surface area contributed by atoms with E-state index in [1.807, 2.05) is 30.3 Å². The Kier molecular flexibility index (Phi) is 7.22. The van der Waals surface area contributed by atoms with Gasteiger partial charge >= 0.3 is 6.36 Å². The zero-order valence-electron chi connectivity index (χ0n) is 15.7. The van der Waals surface area contributed by atoms with Crippen LogP contribution in [-0.4, -0.2) is 29.7 Å². The van der Waals surface area contributed by atoms with Gasteiger partial charge in [-0.05, 0) is 29.8 Å². The number of alkyl halides is 3. The van der Waals surface area contributed by atoms with Crippen molar-refractivity contribution in [2.24, 2.45) is 0 Å². The molecule has 1 saturated heterocycles.